The molecule has 2 heterocycles. The quantitative estimate of drug-likeness (QED) is 0.0260. The van der Waals surface area contributed by atoms with E-state index in [1.165, 1.54) is 24.3 Å². The third kappa shape index (κ3) is 17.3. The summed E-state index contributed by atoms with van der Waals surface area (Å²) in [5, 5.41) is 74.7. The van der Waals surface area contributed by atoms with E-state index in [0.717, 1.165) is 26.0 Å². The number of nitrogens with one attached hydrogen (secondary N) is 6. The highest BCUT2D eigenvalue weighted by Crippen LogP contribution is 2.28. The molecule has 0 bridgehead atoms. The van der Waals surface area contributed by atoms with Crippen LogP contribution in [0.15, 0.2) is 57.9 Å². The number of nitrogens with two attached hydrogens (primary N) is 4. The van der Waals surface area contributed by atoms with E-state index in [1.54, 1.807) is 0 Å². The zero-order valence-corrected chi connectivity index (χ0v) is 37.7. The summed E-state index contributed by atoms with van der Waals surface area (Å²) in [4.78, 5) is 107. The van der Waals surface area contributed by atoms with Crippen LogP contribution in [0.3, 0.4) is 0 Å². The molecule has 30 heteroatoms. The number of aliphatic hydroxyl groups is 4. The number of alkyl carbamates (subject to hydrolysis) is 2. The molecule has 0 saturated carbocycles. The first-order chi connectivity index (χ1) is 33.1. The van der Waals surface area contributed by atoms with Gasteiger partial charge in [-0.1, -0.05) is 0 Å². The molecule has 30 nitrogen and oxygen atoms in total. The lowest BCUT2D eigenvalue weighted by atomic mass is 9.92. The zero-order valence-electron chi connectivity index (χ0n) is 37.7. The van der Waals surface area contributed by atoms with Crippen LogP contribution < -0.4 is 54.8 Å². The van der Waals surface area contributed by atoms with E-state index in [1.807, 2.05) is 0 Å². The molecule has 386 valence electrons. The van der Waals surface area contributed by atoms with Crippen molar-refractivity contribution < 1.29 is 87.9 Å². The Morgan fingerprint density at radius 3 is 1.21 bits per heavy atom. The Labute approximate surface area is 397 Å². The number of hydrogen-bond acceptors (Lipinski definition) is 18. The van der Waals surface area contributed by atoms with Crippen LogP contribution >= 0.6 is 0 Å². The molecule has 70 heavy (non-hydrogen) atoms. The molecule has 3 rings (SSSR count). The van der Waals surface area contributed by atoms with Crippen molar-refractivity contribution in [3.8, 4) is 0 Å². The predicted molar refractivity (Wildman–Crippen MR) is 239 cm³/mol. The Morgan fingerprint density at radius 1 is 0.600 bits per heavy atom. The van der Waals surface area contributed by atoms with Gasteiger partial charge in [0.05, 0.1) is 37.4 Å². The van der Waals surface area contributed by atoms with Crippen LogP contribution in [0.2, 0.25) is 0 Å². The highest BCUT2D eigenvalue weighted by Gasteiger charge is 2.48. The van der Waals surface area contributed by atoms with Gasteiger partial charge in [0.1, 0.15) is 12.2 Å². The standard InChI is InChI=1S/C40H58N12O18/c1-17(55)49-27-21(51-37(41)42)13-25(35(61)62)67-31(27)29(23(57)15-53)69-39(65)47-11-3-9-45-33(59)19-5-7-20(8-6-19)34(60)46-10-4-12-48-40(66)70-30(24(58)16-54)32-28(50-18(2)56)22(52-38(43)44)14-26(68-32)36(63)64/h5-8,13-14,21-24,27-32,53-54,57-58H,3-4,9-12,15-16H2,1-2H3,(H,45,59)(H,46,60)(H,47,65)(H,48,66)(H,49,55)(H,50,56)(H,61,62)(H,63,64)(H4,41,42,51)(H4,43,44,52)/t21-,22-,23+,24+,27+,28+,29+,30+,31+,32+/m0/s1. The molecule has 2 aliphatic heterocycles. The van der Waals surface area contributed by atoms with Crippen molar-refractivity contribution in [3.63, 3.8) is 0 Å². The van der Waals surface area contributed by atoms with Crippen molar-refractivity contribution in [2.24, 2.45) is 32.9 Å². The molecule has 0 unspecified atom stereocenters. The number of carboxylic acids is 2. The Bertz CT molecular complexity index is 2020. The van der Waals surface area contributed by atoms with Gasteiger partial charge in [0.25, 0.3) is 11.8 Å². The molecule has 0 spiro atoms. The molecule has 10 atom stereocenters. The highest BCUT2D eigenvalue weighted by atomic mass is 16.6. The van der Waals surface area contributed by atoms with Gasteiger partial charge < -0.3 is 104 Å². The number of hydrogen-bond donors (Lipinski definition) is 16. The zero-order chi connectivity index (χ0) is 52.2. The molecule has 0 radical (unpaired) electrons. The third-order valence-corrected chi connectivity index (χ3v) is 9.86. The summed E-state index contributed by atoms with van der Waals surface area (Å²) >= 11 is 0. The Kier molecular flexibility index (Phi) is 21.9. The van der Waals surface area contributed by atoms with Crippen molar-refractivity contribution in [2.45, 2.75) is 87.5 Å². The normalized spacial score (nSPS) is 21.0. The van der Waals surface area contributed by atoms with Crippen LogP contribution in [-0.2, 0) is 38.1 Å². The second-order valence-corrected chi connectivity index (χ2v) is 15.3. The maximum atomic E-state index is 12.8. The number of benzene rings is 1. The molecule has 0 aliphatic carbocycles. The summed E-state index contributed by atoms with van der Waals surface area (Å²) in [5.74, 6) is -7.83. The number of ether oxygens (including phenoxy) is 4. The minimum absolute atomic E-state index is 0.0342. The van der Waals surface area contributed by atoms with Crippen LogP contribution in [0.4, 0.5) is 9.59 Å². The van der Waals surface area contributed by atoms with E-state index < -0.39 is 145 Å². The second kappa shape index (κ2) is 27.1. The lowest BCUT2D eigenvalue weighted by Gasteiger charge is -2.39. The van der Waals surface area contributed by atoms with Gasteiger partial charge in [-0.25, -0.2) is 29.2 Å². The molecule has 0 aromatic heterocycles. The van der Waals surface area contributed by atoms with Crippen LogP contribution in [0.5, 0.6) is 0 Å². The van der Waals surface area contributed by atoms with E-state index >= 15 is 0 Å². The van der Waals surface area contributed by atoms with Crippen molar-refractivity contribution in [2.75, 3.05) is 39.4 Å². The fourth-order valence-corrected chi connectivity index (χ4v) is 6.80. The second-order valence-electron chi connectivity index (χ2n) is 15.3. The number of nitrogens with zero attached hydrogens (tertiary/aromatic N) is 2. The first-order valence-corrected chi connectivity index (χ1v) is 21.1. The van der Waals surface area contributed by atoms with Gasteiger partial charge in [-0.05, 0) is 49.3 Å². The molecule has 1 aromatic rings. The first-order valence-electron chi connectivity index (χ1n) is 21.1. The summed E-state index contributed by atoms with van der Waals surface area (Å²) in [6, 6.07) is 0.465. The van der Waals surface area contributed by atoms with Gasteiger partial charge in [0, 0.05) is 51.2 Å². The molecular weight excluding hydrogens is 937 g/mol. The van der Waals surface area contributed by atoms with Gasteiger partial charge >= 0.3 is 24.1 Å². The Balaban J connectivity index is 1.48. The number of rotatable bonds is 24. The number of aliphatic imine (C=N–C) groups is 2. The lowest BCUT2D eigenvalue weighted by Crippen LogP contribution is -2.61. The van der Waals surface area contributed by atoms with E-state index in [2.05, 4.69) is 41.9 Å². The van der Waals surface area contributed by atoms with E-state index in [0.29, 0.717) is 0 Å². The largest absolute Gasteiger partial charge is 0.477 e. The van der Waals surface area contributed by atoms with E-state index in [-0.39, 0.29) is 50.1 Å². The summed E-state index contributed by atoms with van der Waals surface area (Å²) in [5.41, 5.74) is 22.3. The summed E-state index contributed by atoms with van der Waals surface area (Å²) in [6.07, 6.45) is -10.4. The van der Waals surface area contributed by atoms with Crippen LogP contribution in [0, 0.1) is 0 Å². The minimum atomic E-state index is -1.84. The van der Waals surface area contributed by atoms with E-state index in [9.17, 15) is 69.0 Å². The number of carbonyl (C=O) groups is 8. The van der Waals surface area contributed by atoms with Crippen molar-refractivity contribution in [1.82, 2.24) is 31.9 Å². The van der Waals surface area contributed by atoms with Crippen molar-refractivity contribution >= 4 is 59.7 Å². The molecular formula is C40H58N12O18. The van der Waals surface area contributed by atoms with Crippen LogP contribution in [0.1, 0.15) is 47.4 Å². The molecule has 20 N–H and O–H groups in total. The van der Waals surface area contributed by atoms with Gasteiger partial charge in [-0.3, -0.25) is 19.2 Å². The fourth-order valence-electron chi connectivity index (χ4n) is 6.80. The monoisotopic (exact) mass is 994 g/mol. The summed E-state index contributed by atoms with van der Waals surface area (Å²) in [6.45, 7) is 0.188. The number of carbonyl (C=O) groups excluding carboxylic acids is 6. The lowest BCUT2D eigenvalue weighted by molar-refractivity contribution is -0.147. The fraction of sp³-hybridized carbons (Fsp3) is 0.500. The molecule has 2 aliphatic rings. The highest BCUT2D eigenvalue weighted by molar-refractivity contribution is 5.97. The Hall–Kier alpha value is -7.96. The number of carboxylic acid groups (broad SMARTS) is 2. The van der Waals surface area contributed by atoms with Crippen molar-refractivity contribution in [1.29, 1.82) is 0 Å². The van der Waals surface area contributed by atoms with Gasteiger partial charge in [0.2, 0.25) is 23.3 Å². The average molecular weight is 995 g/mol. The topological polar surface area (TPSA) is 496 Å². The minimum Gasteiger partial charge on any atom is -0.477 e. The number of guanidine groups is 2. The first kappa shape index (κ1) is 56.4. The van der Waals surface area contributed by atoms with Crippen LogP contribution in [-0.4, -0.2) is 190 Å². The average Bonchev–Trinajstić information content (AvgIpc) is 3.29. The summed E-state index contributed by atoms with van der Waals surface area (Å²) < 4.78 is 21.6. The number of aliphatic carboxylic acids is 2. The smallest absolute Gasteiger partial charge is 0.407 e. The molecule has 0 saturated heterocycles. The molecule has 6 amide bonds. The van der Waals surface area contributed by atoms with Gasteiger partial charge in [-0.15, -0.1) is 0 Å². The van der Waals surface area contributed by atoms with Gasteiger partial charge in [-0.2, -0.15) is 0 Å². The SMILES string of the molecule is CC(=O)N[C@H]1[C@H]([C@H](OC(=O)NCCCNC(=O)c2ccc(C(=O)NCCCNC(=O)O[C@@H]([C@@H]3OC(C(=O)O)=C[C@H](N=C(N)N)[C@H]3NC(C)=O)[C@H](O)CO)cc2)[C@H](O)CO)OC(C(=O)O)=C[C@@H]1N=C(N)N. The third-order valence-electron chi connectivity index (χ3n) is 9.86. The number of amides is 6. The summed E-state index contributed by atoms with van der Waals surface area (Å²) in [7, 11) is 0. The Morgan fingerprint density at radius 2 is 0.929 bits per heavy atom. The number of aliphatic hydroxyl groups excluding tert-OH is 4. The maximum absolute atomic E-state index is 12.8. The predicted octanol–water partition coefficient (Wildman–Crippen LogP) is -6.15. The maximum Gasteiger partial charge on any atom is 0.407 e. The molecule has 0 fully saturated rings. The molecule has 1 aromatic carbocycles. The van der Waals surface area contributed by atoms with Crippen LogP contribution in [0.25, 0.3) is 0 Å². The van der Waals surface area contributed by atoms with Gasteiger partial charge in [0.15, 0.2) is 36.3 Å². The van der Waals surface area contributed by atoms with Crippen molar-refractivity contribution in [3.05, 3.63) is 59.1 Å². The van der Waals surface area contributed by atoms with E-state index in [4.69, 9.17) is 41.9 Å².